The van der Waals surface area contributed by atoms with Crippen LogP contribution in [0.5, 0.6) is 5.75 Å². The quantitative estimate of drug-likeness (QED) is 0.186. The highest BCUT2D eigenvalue weighted by atomic mass is 19.1. The van der Waals surface area contributed by atoms with Crippen molar-refractivity contribution in [2.75, 3.05) is 26.9 Å². The van der Waals surface area contributed by atoms with Crippen LogP contribution in [0.1, 0.15) is 70.3 Å². The topological polar surface area (TPSA) is 113 Å². The fraction of sp³-hybridized carbons (Fsp3) is 0.581. The molecule has 4 rings (SSSR count). The minimum atomic E-state index is -0.842. The minimum absolute atomic E-state index is 0.0859. The van der Waals surface area contributed by atoms with Crippen molar-refractivity contribution in [1.29, 1.82) is 0 Å². The summed E-state index contributed by atoms with van der Waals surface area (Å²) in [4.78, 5) is 38.9. The predicted molar refractivity (Wildman–Crippen MR) is 147 cm³/mol. The van der Waals surface area contributed by atoms with Gasteiger partial charge in [0.05, 0.1) is 31.2 Å². The normalized spacial score (nSPS) is 24.6. The highest BCUT2D eigenvalue weighted by molar-refractivity contribution is 6.06. The predicted octanol–water partition coefficient (Wildman–Crippen LogP) is 5.10. The van der Waals surface area contributed by atoms with Crippen molar-refractivity contribution in [3.05, 3.63) is 46.3 Å². The van der Waals surface area contributed by atoms with E-state index >= 15 is 0 Å². The summed E-state index contributed by atoms with van der Waals surface area (Å²) < 4.78 is 25.7. The van der Waals surface area contributed by atoms with Crippen molar-refractivity contribution in [1.82, 2.24) is 4.90 Å². The molecule has 0 bridgehead atoms. The van der Waals surface area contributed by atoms with E-state index in [1.54, 1.807) is 13.2 Å². The number of hydrogen-bond donors (Lipinski definition) is 2. The lowest BCUT2D eigenvalue weighted by molar-refractivity contribution is -0.141. The molecule has 0 spiro atoms. The van der Waals surface area contributed by atoms with E-state index in [0.29, 0.717) is 57.4 Å². The van der Waals surface area contributed by atoms with Gasteiger partial charge in [-0.2, -0.15) is 0 Å². The van der Waals surface area contributed by atoms with Gasteiger partial charge in [0.1, 0.15) is 0 Å². The van der Waals surface area contributed by atoms with Crippen LogP contribution in [0.4, 0.5) is 4.39 Å². The lowest BCUT2D eigenvalue weighted by Crippen LogP contribution is -2.35. The van der Waals surface area contributed by atoms with Crippen LogP contribution in [-0.2, 0) is 23.9 Å². The van der Waals surface area contributed by atoms with Gasteiger partial charge < -0.3 is 19.7 Å². The molecule has 2 fully saturated rings. The van der Waals surface area contributed by atoms with E-state index < -0.39 is 23.6 Å². The molecule has 0 radical (unpaired) electrons. The van der Waals surface area contributed by atoms with E-state index in [9.17, 15) is 23.9 Å². The van der Waals surface area contributed by atoms with E-state index in [0.717, 1.165) is 36.0 Å². The largest absolute Gasteiger partial charge is 0.505 e. The Bertz CT molecular complexity index is 1180. The molecule has 2 N–H and O–H groups in total. The van der Waals surface area contributed by atoms with Crippen molar-refractivity contribution in [2.24, 2.45) is 17.8 Å². The Balaban J connectivity index is 1.47. The molecule has 0 aromatic heterocycles. The number of imide groups is 1. The number of unbranched alkanes of at least 4 members (excludes halogenated alkanes) is 2. The van der Waals surface area contributed by atoms with Gasteiger partial charge in [-0.3, -0.25) is 19.3 Å². The molecule has 40 heavy (non-hydrogen) atoms. The van der Waals surface area contributed by atoms with Gasteiger partial charge in [0.25, 0.3) is 0 Å². The average molecular weight is 558 g/mol. The Morgan fingerprint density at radius 1 is 1.15 bits per heavy atom. The van der Waals surface area contributed by atoms with Gasteiger partial charge in [-0.25, -0.2) is 4.39 Å². The molecule has 4 atom stereocenters. The molecule has 0 unspecified atom stereocenters. The molecule has 2 saturated heterocycles. The zero-order chi connectivity index (χ0) is 28.8. The number of carbonyl (C=O) groups excluding carboxylic acids is 2. The molecule has 2 amide bonds. The molecule has 0 saturated carbocycles. The summed E-state index contributed by atoms with van der Waals surface area (Å²) in [7, 11) is 1.63. The molecular weight excluding hydrogens is 517 g/mol. The molecule has 1 aromatic carbocycles. The van der Waals surface area contributed by atoms with Crippen LogP contribution >= 0.6 is 0 Å². The van der Waals surface area contributed by atoms with Crippen molar-refractivity contribution in [3.8, 4) is 5.75 Å². The third-order valence-corrected chi connectivity index (χ3v) is 8.33. The molecule has 2 aliphatic heterocycles. The Morgan fingerprint density at radius 2 is 1.95 bits per heavy atom. The van der Waals surface area contributed by atoms with E-state index in [4.69, 9.17) is 14.6 Å². The summed E-state index contributed by atoms with van der Waals surface area (Å²) in [5, 5.41) is 18.3. The highest BCUT2D eigenvalue weighted by Gasteiger charge is 2.56. The van der Waals surface area contributed by atoms with E-state index in [-0.39, 0.29) is 36.0 Å². The maximum absolute atomic E-state index is 13.9. The zero-order valence-corrected chi connectivity index (χ0v) is 23.4. The lowest BCUT2D eigenvalue weighted by atomic mass is 9.69. The molecule has 9 heteroatoms. The fourth-order valence-corrected chi connectivity index (χ4v) is 6.54. The SMILES string of the molecule is CCC/C(=C\c1ccc(O)c(F)c1)CC[C@H]1OC[C@H]2C1=C(COC)C[C@H]1C(=O)N(CCCCCC(=O)O)C(=O)[C@H]12. The fourth-order valence-electron chi connectivity index (χ4n) is 6.54. The number of benzene rings is 1. The minimum Gasteiger partial charge on any atom is -0.505 e. The van der Waals surface area contributed by atoms with Crippen molar-refractivity contribution >= 4 is 23.9 Å². The molecule has 218 valence electrons. The summed E-state index contributed by atoms with van der Waals surface area (Å²) in [6.45, 7) is 3.18. The van der Waals surface area contributed by atoms with Crippen molar-refractivity contribution in [2.45, 2.75) is 70.8 Å². The molecule has 1 aromatic rings. The number of carboxylic acids is 1. The van der Waals surface area contributed by atoms with E-state index in [1.165, 1.54) is 17.0 Å². The smallest absolute Gasteiger partial charge is 0.303 e. The molecule has 2 heterocycles. The number of likely N-dealkylation sites (tertiary alicyclic amines) is 1. The number of fused-ring (bicyclic) bond motifs is 3. The first-order chi connectivity index (χ1) is 19.2. The number of nitrogens with zero attached hydrogens (tertiary/aromatic N) is 1. The number of aliphatic carboxylic acids is 1. The van der Waals surface area contributed by atoms with Crippen LogP contribution in [0, 0.1) is 23.6 Å². The molecular formula is C31H40FNO7. The summed E-state index contributed by atoms with van der Waals surface area (Å²) >= 11 is 0. The number of hydrogen-bond acceptors (Lipinski definition) is 6. The molecule has 3 aliphatic rings. The number of carboxylic acid groups (broad SMARTS) is 1. The van der Waals surface area contributed by atoms with Gasteiger partial charge in [-0.1, -0.05) is 37.5 Å². The standard InChI is InChI=1S/C31H40FNO7/c1-3-7-19(14-20-9-11-25(34)24(32)15-20)10-12-26-28-21(17-39-2)16-22-29(23(28)18-40-26)31(38)33(30(22)37)13-6-4-5-8-27(35)36/h9,11,14-15,22-23,26,29,34H,3-8,10,12-13,16-18H2,1-2H3,(H,35,36)/b19-14+/t22-,23+,26-,29-/m1/s1. The Hall–Kier alpha value is -3.04. The number of phenols is 1. The Labute approximate surface area is 234 Å². The summed E-state index contributed by atoms with van der Waals surface area (Å²) in [6.07, 6.45) is 7.35. The van der Waals surface area contributed by atoms with Gasteiger partial charge in [-0.15, -0.1) is 0 Å². The summed E-state index contributed by atoms with van der Waals surface area (Å²) in [6, 6.07) is 4.38. The maximum atomic E-state index is 13.9. The zero-order valence-electron chi connectivity index (χ0n) is 23.4. The van der Waals surface area contributed by atoms with Crippen LogP contribution in [0.2, 0.25) is 0 Å². The van der Waals surface area contributed by atoms with Crippen LogP contribution in [0.15, 0.2) is 34.9 Å². The molecule has 8 nitrogen and oxygen atoms in total. The van der Waals surface area contributed by atoms with Gasteiger partial charge >= 0.3 is 5.97 Å². The second-order valence-electron chi connectivity index (χ2n) is 11.1. The maximum Gasteiger partial charge on any atom is 0.303 e. The van der Waals surface area contributed by atoms with E-state index in [2.05, 4.69) is 6.92 Å². The van der Waals surface area contributed by atoms with Crippen LogP contribution in [0.25, 0.3) is 6.08 Å². The summed E-state index contributed by atoms with van der Waals surface area (Å²) in [5.41, 5.74) is 3.99. The van der Waals surface area contributed by atoms with Crippen LogP contribution < -0.4 is 0 Å². The first-order valence-corrected chi connectivity index (χ1v) is 14.3. The second kappa shape index (κ2) is 13.5. The number of rotatable bonds is 14. The summed E-state index contributed by atoms with van der Waals surface area (Å²) in [5.74, 6) is -3.15. The Morgan fingerprint density at radius 3 is 2.65 bits per heavy atom. The van der Waals surface area contributed by atoms with Crippen molar-refractivity contribution < 1.29 is 38.5 Å². The monoisotopic (exact) mass is 557 g/mol. The average Bonchev–Trinajstić information content (AvgIpc) is 3.44. The third kappa shape index (κ3) is 6.63. The number of ether oxygens (including phenoxy) is 2. The van der Waals surface area contributed by atoms with Gasteiger partial charge in [0.15, 0.2) is 11.6 Å². The first kappa shape index (κ1) is 29.9. The van der Waals surface area contributed by atoms with Crippen molar-refractivity contribution in [3.63, 3.8) is 0 Å². The number of aromatic hydroxyl groups is 1. The van der Waals surface area contributed by atoms with Crippen LogP contribution in [0.3, 0.4) is 0 Å². The van der Waals surface area contributed by atoms with Gasteiger partial charge in [-0.05, 0) is 67.4 Å². The Kier molecular flexibility index (Phi) is 10.1. The number of carbonyl (C=O) groups is 3. The molecule has 1 aliphatic carbocycles. The number of allylic oxidation sites excluding steroid dienone is 1. The number of methoxy groups -OCH3 is 1. The lowest BCUT2D eigenvalue weighted by Gasteiger charge is -2.31. The van der Waals surface area contributed by atoms with Gasteiger partial charge in [0, 0.05) is 26.0 Å². The second-order valence-corrected chi connectivity index (χ2v) is 11.1. The number of halogens is 1. The first-order valence-electron chi connectivity index (χ1n) is 14.3. The van der Waals surface area contributed by atoms with Gasteiger partial charge in [0.2, 0.25) is 11.8 Å². The highest BCUT2D eigenvalue weighted by Crippen LogP contribution is 2.50. The van der Waals surface area contributed by atoms with E-state index in [1.807, 2.05) is 6.08 Å². The third-order valence-electron chi connectivity index (χ3n) is 8.33. The van der Waals surface area contributed by atoms with Crippen LogP contribution in [-0.4, -0.2) is 65.9 Å². The number of phenolic OH excluding ortho intramolecular Hbond substituents is 1. The number of amides is 2.